The largest absolute Gasteiger partial charge is 0.264 e. The summed E-state index contributed by atoms with van der Waals surface area (Å²) in [5, 5.41) is 11.9. The number of nitrogens with zero attached hydrogens (tertiary/aromatic N) is 3. The molecule has 0 spiro atoms. The van der Waals surface area contributed by atoms with Gasteiger partial charge in [-0.05, 0) is 93.5 Å². The molecular weight excluding hydrogens is 639 g/mol. The molecule has 3 heterocycles. The van der Waals surface area contributed by atoms with Gasteiger partial charge in [-0.3, -0.25) is 4.98 Å². The predicted molar refractivity (Wildman–Crippen MR) is 212 cm³/mol. The van der Waals surface area contributed by atoms with Crippen LogP contribution in [0.5, 0.6) is 0 Å². The van der Waals surface area contributed by atoms with Crippen molar-refractivity contribution >= 4 is 31.5 Å². The van der Waals surface area contributed by atoms with Gasteiger partial charge in [0.2, 0.25) is 0 Å². The average Bonchev–Trinajstić information content (AvgIpc) is 3.58. The summed E-state index contributed by atoms with van der Waals surface area (Å²) >= 11 is 1.73. The molecule has 0 saturated carbocycles. The van der Waals surface area contributed by atoms with Crippen molar-refractivity contribution in [2.75, 3.05) is 0 Å². The van der Waals surface area contributed by atoms with Crippen LogP contribution in [0.3, 0.4) is 0 Å². The molecule has 9 aromatic rings. The Morgan fingerprint density at radius 2 is 0.922 bits per heavy atom. The minimum atomic E-state index is 0.682. The van der Waals surface area contributed by atoms with Gasteiger partial charge in [-0.15, -0.1) is 11.3 Å². The van der Waals surface area contributed by atoms with Crippen LogP contribution in [-0.4, -0.2) is 9.97 Å². The van der Waals surface area contributed by atoms with Gasteiger partial charge in [-0.1, -0.05) is 109 Å². The van der Waals surface area contributed by atoms with Crippen LogP contribution >= 0.6 is 11.3 Å². The number of fused-ring (bicyclic) bond motifs is 3. The third kappa shape index (κ3) is 5.97. The number of pyridine rings is 2. The van der Waals surface area contributed by atoms with Crippen LogP contribution in [0.15, 0.2) is 176 Å². The Morgan fingerprint density at radius 3 is 1.59 bits per heavy atom. The predicted octanol–water partition coefficient (Wildman–Crippen LogP) is 12.7. The lowest BCUT2D eigenvalue weighted by molar-refractivity contribution is 1.32. The van der Waals surface area contributed by atoms with Gasteiger partial charge in [-0.25, -0.2) is 4.98 Å². The standard InChI is InChI=1S/C47H29N3S/c48-29-31-13-19-42-43-20-18-36(28-47(43)51-46(42)22-31)38-23-39(37-12-7-21-49-30-37)25-40(24-38)41-26-44(34-10-5-2-6-11-34)50-45(27-41)35-16-14-33(15-17-35)32-8-3-1-4-9-32/h1-28,30H. The van der Waals surface area contributed by atoms with Crippen molar-refractivity contribution in [2.24, 2.45) is 0 Å². The van der Waals surface area contributed by atoms with E-state index >= 15 is 0 Å². The Bertz CT molecular complexity index is 2730. The molecule has 9 rings (SSSR count). The monoisotopic (exact) mass is 667 g/mol. The highest BCUT2D eigenvalue weighted by atomic mass is 32.1. The van der Waals surface area contributed by atoms with E-state index < -0.39 is 0 Å². The second-order valence-electron chi connectivity index (χ2n) is 12.6. The number of benzene rings is 6. The number of nitriles is 1. The lowest BCUT2D eigenvalue weighted by atomic mass is 9.92. The minimum Gasteiger partial charge on any atom is -0.264 e. The molecule has 3 aromatic heterocycles. The van der Waals surface area contributed by atoms with Crippen LogP contribution in [0.25, 0.3) is 87.2 Å². The van der Waals surface area contributed by atoms with Gasteiger partial charge >= 0.3 is 0 Å². The number of thiophene rings is 1. The van der Waals surface area contributed by atoms with E-state index in [4.69, 9.17) is 4.98 Å². The van der Waals surface area contributed by atoms with Gasteiger partial charge in [0.1, 0.15) is 0 Å². The number of aromatic nitrogens is 2. The van der Waals surface area contributed by atoms with E-state index in [1.165, 1.54) is 26.6 Å². The number of hydrogen-bond acceptors (Lipinski definition) is 4. The van der Waals surface area contributed by atoms with Gasteiger partial charge in [0.05, 0.1) is 23.0 Å². The van der Waals surface area contributed by atoms with Gasteiger partial charge < -0.3 is 0 Å². The summed E-state index contributed by atoms with van der Waals surface area (Å²) in [6.07, 6.45) is 3.73. The maximum atomic E-state index is 9.47. The second-order valence-corrected chi connectivity index (χ2v) is 13.7. The Labute approximate surface area is 300 Å². The van der Waals surface area contributed by atoms with Gasteiger partial charge in [0, 0.05) is 49.3 Å². The summed E-state index contributed by atoms with van der Waals surface area (Å²) in [5.74, 6) is 0. The molecular formula is C47H29N3S. The Hall–Kier alpha value is -6.67. The molecule has 0 amide bonds. The molecule has 4 heteroatoms. The van der Waals surface area contributed by atoms with Crippen molar-refractivity contribution in [3.8, 4) is 73.1 Å². The zero-order valence-electron chi connectivity index (χ0n) is 27.5. The van der Waals surface area contributed by atoms with Crippen LogP contribution in [0.1, 0.15) is 5.56 Å². The molecule has 0 unspecified atom stereocenters. The molecule has 0 radical (unpaired) electrons. The van der Waals surface area contributed by atoms with E-state index in [-0.39, 0.29) is 0 Å². The third-order valence-corrected chi connectivity index (χ3v) is 10.5. The zero-order chi connectivity index (χ0) is 34.1. The first-order valence-electron chi connectivity index (χ1n) is 16.8. The van der Waals surface area contributed by atoms with E-state index in [1.807, 2.05) is 42.7 Å². The minimum absolute atomic E-state index is 0.682. The van der Waals surface area contributed by atoms with Gasteiger partial charge in [0.15, 0.2) is 0 Å². The van der Waals surface area contributed by atoms with Crippen molar-refractivity contribution in [1.29, 1.82) is 5.26 Å². The molecule has 0 aliphatic rings. The smallest absolute Gasteiger partial charge is 0.0992 e. The molecule has 0 bridgehead atoms. The molecule has 6 aromatic carbocycles. The average molecular weight is 668 g/mol. The molecule has 0 fully saturated rings. The normalized spacial score (nSPS) is 11.1. The summed E-state index contributed by atoms with van der Waals surface area (Å²) < 4.78 is 2.32. The fraction of sp³-hybridized carbons (Fsp3) is 0. The zero-order valence-corrected chi connectivity index (χ0v) is 28.3. The highest BCUT2D eigenvalue weighted by Gasteiger charge is 2.14. The van der Waals surface area contributed by atoms with E-state index in [0.29, 0.717) is 5.56 Å². The Morgan fingerprint density at radius 1 is 0.412 bits per heavy atom. The van der Waals surface area contributed by atoms with Gasteiger partial charge in [-0.2, -0.15) is 5.26 Å². The summed E-state index contributed by atoms with van der Waals surface area (Å²) in [6.45, 7) is 0. The molecule has 0 aliphatic carbocycles. The fourth-order valence-corrected chi connectivity index (χ4v) is 7.94. The van der Waals surface area contributed by atoms with Crippen molar-refractivity contribution in [1.82, 2.24) is 9.97 Å². The first kappa shape index (κ1) is 30.4. The molecule has 0 atom stereocenters. The van der Waals surface area contributed by atoms with Crippen LogP contribution < -0.4 is 0 Å². The van der Waals surface area contributed by atoms with Crippen molar-refractivity contribution in [3.05, 3.63) is 182 Å². The SMILES string of the molecule is N#Cc1ccc2c(c1)sc1cc(-c3cc(-c4cccnc4)cc(-c4cc(-c5ccccc5)nc(-c5ccc(-c6ccccc6)cc5)c4)c3)ccc12. The summed E-state index contributed by atoms with van der Waals surface area (Å²) in [4.78, 5) is 9.65. The molecule has 0 N–H and O–H groups in total. The summed E-state index contributed by atoms with van der Waals surface area (Å²) in [7, 11) is 0. The van der Waals surface area contributed by atoms with E-state index in [2.05, 4.69) is 145 Å². The van der Waals surface area contributed by atoms with Crippen LogP contribution in [-0.2, 0) is 0 Å². The number of rotatable bonds is 6. The quantitative estimate of drug-likeness (QED) is 0.177. The first-order chi connectivity index (χ1) is 25.2. The van der Waals surface area contributed by atoms with Crippen molar-refractivity contribution < 1.29 is 0 Å². The molecule has 3 nitrogen and oxygen atoms in total. The first-order valence-corrected chi connectivity index (χ1v) is 17.7. The van der Waals surface area contributed by atoms with E-state index in [1.54, 1.807) is 11.3 Å². The molecule has 51 heavy (non-hydrogen) atoms. The number of hydrogen-bond donors (Lipinski definition) is 0. The van der Waals surface area contributed by atoms with Crippen LogP contribution in [0.2, 0.25) is 0 Å². The van der Waals surface area contributed by atoms with E-state index in [0.717, 1.165) is 60.6 Å². The van der Waals surface area contributed by atoms with Crippen molar-refractivity contribution in [3.63, 3.8) is 0 Å². The Kier molecular flexibility index (Phi) is 7.74. The molecule has 238 valence electrons. The van der Waals surface area contributed by atoms with Crippen molar-refractivity contribution in [2.45, 2.75) is 0 Å². The highest BCUT2D eigenvalue weighted by molar-refractivity contribution is 7.25. The lowest BCUT2D eigenvalue weighted by Crippen LogP contribution is -1.92. The maximum Gasteiger partial charge on any atom is 0.0992 e. The topological polar surface area (TPSA) is 49.6 Å². The van der Waals surface area contributed by atoms with Crippen LogP contribution in [0.4, 0.5) is 0 Å². The molecule has 0 aliphatic heterocycles. The lowest BCUT2D eigenvalue weighted by Gasteiger charge is -2.14. The van der Waals surface area contributed by atoms with Gasteiger partial charge in [0.25, 0.3) is 0 Å². The Balaban J connectivity index is 1.21. The highest BCUT2D eigenvalue weighted by Crippen LogP contribution is 2.40. The second kappa shape index (κ2) is 13.0. The fourth-order valence-electron chi connectivity index (χ4n) is 6.75. The summed E-state index contributed by atoms with van der Waals surface area (Å²) in [6, 6.07) is 59.8. The maximum absolute atomic E-state index is 9.47. The summed E-state index contributed by atoms with van der Waals surface area (Å²) in [5.41, 5.74) is 13.6. The third-order valence-electron chi connectivity index (χ3n) is 9.38. The van der Waals surface area contributed by atoms with Crippen LogP contribution in [0, 0.1) is 11.3 Å². The van der Waals surface area contributed by atoms with E-state index in [9.17, 15) is 5.26 Å². The molecule has 0 saturated heterocycles.